The van der Waals surface area contributed by atoms with Crippen molar-refractivity contribution < 1.29 is 4.74 Å². The van der Waals surface area contributed by atoms with Gasteiger partial charge in [-0.05, 0) is 62.8 Å². The van der Waals surface area contributed by atoms with E-state index in [2.05, 4.69) is 57.3 Å². The molecule has 1 aliphatic rings. The van der Waals surface area contributed by atoms with Crippen molar-refractivity contribution in [1.82, 2.24) is 0 Å². The first-order chi connectivity index (χ1) is 9.06. The van der Waals surface area contributed by atoms with Crippen molar-refractivity contribution in [2.75, 3.05) is 5.32 Å². The molecule has 0 bridgehead atoms. The maximum absolute atomic E-state index is 5.67. The van der Waals surface area contributed by atoms with Crippen LogP contribution in [0.3, 0.4) is 0 Å². The van der Waals surface area contributed by atoms with E-state index in [1.807, 2.05) is 0 Å². The van der Waals surface area contributed by atoms with E-state index in [1.165, 1.54) is 24.9 Å². The molecule has 2 heteroatoms. The van der Waals surface area contributed by atoms with E-state index in [1.54, 1.807) is 0 Å². The van der Waals surface area contributed by atoms with Gasteiger partial charge in [-0.15, -0.1) is 0 Å². The van der Waals surface area contributed by atoms with Gasteiger partial charge in [0.25, 0.3) is 0 Å². The van der Waals surface area contributed by atoms with Gasteiger partial charge in [-0.3, -0.25) is 0 Å². The van der Waals surface area contributed by atoms with Crippen LogP contribution in [0.25, 0.3) is 0 Å². The lowest BCUT2D eigenvalue weighted by Gasteiger charge is -2.36. The summed E-state index contributed by atoms with van der Waals surface area (Å²) in [5.41, 5.74) is 1.21. The quantitative estimate of drug-likeness (QED) is 0.847. The highest BCUT2D eigenvalue weighted by Crippen LogP contribution is 2.31. The van der Waals surface area contributed by atoms with Crippen LogP contribution in [0.2, 0.25) is 0 Å². The molecule has 106 valence electrons. The third kappa shape index (κ3) is 3.89. The van der Waals surface area contributed by atoms with E-state index in [4.69, 9.17) is 4.74 Å². The molecule has 0 saturated heterocycles. The molecule has 2 atom stereocenters. The summed E-state index contributed by atoms with van der Waals surface area (Å²) in [7, 11) is 0. The Bertz CT molecular complexity index is 375. The molecule has 2 rings (SSSR count). The Balaban J connectivity index is 1.98. The molecular weight excluding hydrogens is 234 g/mol. The van der Waals surface area contributed by atoms with E-state index in [0.29, 0.717) is 6.04 Å². The molecule has 1 aromatic carbocycles. The SMILES string of the molecule is CC(C)Oc1ccc(NC2C(C)CCCC2C)cc1. The molecule has 1 saturated carbocycles. The topological polar surface area (TPSA) is 21.3 Å². The predicted molar refractivity (Wildman–Crippen MR) is 81.8 cm³/mol. The van der Waals surface area contributed by atoms with Crippen molar-refractivity contribution in [3.63, 3.8) is 0 Å². The van der Waals surface area contributed by atoms with Crippen LogP contribution in [-0.2, 0) is 0 Å². The Morgan fingerprint density at radius 2 is 1.63 bits per heavy atom. The fourth-order valence-corrected chi connectivity index (χ4v) is 3.06. The van der Waals surface area contributed by atoms with Crippen molar-refractivity contribution in [2.24, 2.45) is 11.8 Å². The second kappa shape index (κ2) is 6.31. The molecule has 2 unspecified atom stereocenters. The molecule has 0 amide bonds. The number of ether oxygens (including phenoxy) is 1. The molecule has 2 nitrogen and oxygen atoms in total. The minimum atomic E-state index is 0.234. The zero-order chi connectivity index (χ0) is 13.8. The maximum Gasteiger partial charge on any atom is 0.119 e. The van der Waals surface area contributed by atoms with Crippen LogP contribution in [-0.4, -0.2) is 12.1 Å². The van der Waals surface area contributed by atoms with Gasteiger partial charge in [-0.1, -0.05) is 20.3 Å². The summed E-state index contributed by atoms with van der Waals surface area (Å²) in [4.78, 5) is 0. The van der Waals surface area contributed by atoms with E-state index < -0.39 is 0 Å². The Hall–Kier alpha value is -1.18. The monoisotopic (exact) mass is 261 g/mol. The minimum absolute atomic E-state index is 0.234. The number of benzene rings is 1. The summed E-state index contributed by atoms with van der Waals surface area (Å²) in [6.07, 6.45) is 4.30. The lowest BCUT2D eigenvalue weighted by atomic mass is 9.78. The van der Waals surface area contributed by atoms with Crippen molar-refractivity contribution in [1.29, 1.82) is 0 Å². The van der Waals surface area contributed by atoms with Gasteiger partial charge in [-0.25, -0.2) is 0 Å². The number of nitrogens with one attached hydrogen (secondary N) is 1. The predicted octanol–water partition coefficient (Wildman–Crippen LogP) is 4.71. The molecule has 0 radical (unpaired) electrons. The van der Waals surface area contributed by atoms with Crippen LogP contribution in [0.15, 0.2) is 24.3 Å². The van der Waals surface area contributed by atoms with Crippen LogP contribution in [0.4, 0.5) is 5.69 Å². The van der Waals surface area contributed by atoms with Gasteiger partial charge in [0.1, 0.15) is 5.75 Å². The van der Waals surface area contributed by atoms with Crippen molar-refractivity contribution >= 4 is 5.69 Å². The van der Waals surface area contributed by atoms with E-state index in [9.17, 15) is 0 Å². The van der Waals surface area contributed by atoms with Crippen LogP contribution in [0.1, 0.15) is 47.0 Å². The van der Waals surface area contributed by atoms with Crippen molar-refractivity contribution in [3.8, 4) is 5.75 Å². The van der Waals surface area contributed by atoms with Crippen LogP contribution < -0.4 is 10.1 Å². The van der Waals surface area contributed by atoms with Gasteiger partial charge in [0.2, 0.25) is 0 Å². The molecule has 0 heterocycles. The van der Waals surface area contributed by atoms with E-state index >= 15 is 0 Å². The molecule has 1 fully saturated rings. The average molecular weight is 261 g/mol. The first kappa shape index (κ1) is 14.2. The normalized spacial score (nSPS) is 27.3. The standard InChI is InChI=1S/C17H27NO/c1-12(2)19-16-10-8-15(9-11-16)18-17-13(3)6-5-7-14(17)4/h8-14,17-18H,5-7H2,1-4H3. The zero-order valence-corrected chi connectivity index (χ0v) is 12.6. The Labute approximate surface area is 117 Å². The summed E-state index contributed by atoms with van der Waals surface area (Å²) in [6, 6.07) is 8.98. The molecule has 0 spiro atoms. The lowest BCUT2D eigenvalue weighted by Crippen LogP contribution is -2.36. The van der Waals surface area contributed by atoms with Gasteiger partial charge >= 0.3 is 0 Å². The highest BCUT2D eigenvalue weighted by molar-refractivity contribution is 5.47. The Morgan fingerprint density at radius 1 is 1.05 bits per heavy atom. The Morgan fingerprint density at radius 3 is 2.16 bits per heavy atom. The van der Waals surface area contributed by atoms with Gasteiger partial charge in [0, 0.05) is 11.7 Å². The number of hydrogen-bond acceptors (Lipinski definition) is 2. The summed E-state index contributed by atoms with van der Waals surface area (Å²) >= 11 is 0. The second-order valence-electron chi connectivity index (χ2n) is 6.25. The van der Waals surface area contributed by atoms with Gasteiger partial charge in [-0.2, -0.15) is 0 Å². The summed E-state index contributed by atoms with van der Waals surface area (Å²) in [6.45, 7) is 8.84. The van der Waals surface area contributed by atoms with Gasteiger partial charge in [0.15, 0.2) is 0 Å². The average Bonchev–Trinajstić information content (AvgIpc) is 2.35. The fraction of sp³-hybridized carbons (Fsp3) is 0.647. The molecule has 1 N–H and O–H groups in total. The minimum Gasteiger partial charge on any atom is -0.491 e. The number of hydrogen-bond donors (Lipinski definition) is 1. The highest BCUT2D eigenvalue weighted by atomic mass is 16.5. The number of anilines is 1. The zero-order valence-electron chi connectivity index (χ0n) is 12.6. The molecule has 1 aromatic rings. The largest absolute Gasteiger partial charge is 0.491 e. The first-order valence-electron chi connectivity index (χ1n) is 7.59. The summed E-state index contributed by atoms with van der Waals surface area (Å²) in [5.74, 6) is 2.47. The Kier molecular flexibility index (Phi) is 4.73. The third-order valence-electron chi connectivity index (χ3n) is 4.10. The van der Waals surface area contributed by atoms with Gasteiger partial charge in [0.05, 0.1) is 6.10 Å². The summed E-state index contributed by atoms with van der Waals surface area (Å²) in [5, 5.41) is 3.71. The lowest BCUT2D eigenvalue weighted by molar-refractivity contribution is 0.242. The van der Waals surface area contributed by atoms with E-state index in [0.717, 1.165) is 17.6 Å². The molecule has 0 aromatic heterocycles. The highest BCUT2D eigenvalue weighted by Gasteiger charge is 2.27. The van der Waals surface area contributed by atoms with E-state index in [-0.39, 0.29) is 6.10 Å². The van der Waals surface area contributed by atoms with Gasteiger partial charge < -0.3 is 10.1 Å². The molecule has 19 heavy (non-hydrogen) atoms. The molecular formula is C17H27NO. The smallest absolute Gasteiger partial charge is 0.119 e. The molecule has 1 aliphatic carbocycles. The summed E-state index contributed by atoms with van der Waals surface area (Å²) < 4.78 is 5.67. The number of rotatable bonds is 4. The van der Waals surface area contributed by atoms with Crippen LogP contribution >= 0.6 is 0 Å². The third-order valence-corrected chi connectivity index (χ3v) is 4.10. The van der Waals surface area contributed by atoms with Crippen molar-refractivity contribution in [3.05, 3.63) is 24.3 Å². The van der Waals surface area contributed by atoms with Crippen LogP contribution in [0, 0.1) is 11.8 Å². The first-order valence-corrected chi connectivity index (χ1v) is 7.59. The second-order valence-corrected chi connectivity index (χ2v) is 6.25. The maximum atomic E-state index is 5.67. The molecule has 0 aliphatic heterocycles. The van der Waals surface area contributed by atoms with Crippen molar-refractivity contribution in [2.45, 2.75) is 59.1 Å². The fourth-order valence-electron chi connectivity index (χ4n) is 3.06. The van der Waals surface area contributed by atoms with Crippen LogP contribution in [0.5, 0.6) is 5.75 Å².